The molecule has 0 fully saturated rings. The second kappa shape index (κ2) is 6.52. The molecule has 3 aromatic rings. The highest BCUT2D eigenvalue weighted by atomic mass is 16.7. The fraction of sp³-hybridized carbons (Fsp3) is 0.118. The second-order valence-corrected chi connectivity index (χ2v) is 5.24. The Labute approximate surface area is 142 Å². The summed E-state index contributed by atoms with van der Waals surface area (Å²) in [5, 5.41) is 5.51. The first-order chi connectivity index (χ1) is 12.3. The molecule has 0 spiro atoms. The van der Waals surface area contributed by atoms with E-state index < -0.39 is 0 Å². The molecule has 0 saturated carbocycles. The lowest BCUT2D eigenvalue weighted by Crippen LogP contribution is -2.28. The van der Waals surface area contributed by atoms with Gasteiger partial charge in [-0.15, -0.1) is 0 Å². The van der Waals surface area contributed by atoms with Gasteiger partial charge >= 0.3 is 6.03 Å². The smallest absolute Gasteiger partial charge is 0.319 e. The normalized spacial score (nSPS) is 12.0. The molecule has 1 aromatic carbocycles. The average Bonchev–Trinajstić information content (AvgIpc) is 3.31. The second-order valence-electron chi connectivity index (χ2n) is 5.24. The number of carbonyl (C=O) groups is 1. The van der Waals surface area contributed by atoms with Gasteiger partial charge in [-0.1, -0.05) is 0 Å². The Bertz CT molecular complexity index is 895. The van der Waals surface area contributed by atoms with Gasteiger partial charge in [-0.25, -0.2) is 4.79 Å². The Morgan fingerprint density at radius 1 is 1.12 bits per heavy atom. The molecule has 0 radical (unpaired) electrons. The van der Waals surface area contributed by atoms with Crippen LogP contribution in [0.15, 0.2) is 53.6 Å². The third-order valence-corrected chi connectivity index (χ3v) is 3.62. The van der Waals surface area contributed by atoms with E-state index in [1.54, 1.807) is 49.2 Å². The van der Waals surface area contributed by atoms with Gasteiger partial charge in [0.25, 0.3) is 0 Å². The standard InChI is InChI=1S/C17H14N4O4/c22-17(21-12-1-2-14-15(7-12)25-10-24-14)20-8-13-16(19-5-4-18-13)11-3-6-23-9-11/h1-7,9H,8,10H2,(H2,20,21,22). The van der Waals surface area contributed by atoms with E-state index in [4.69, 9.17) is 13.9 Å². The lowest BCUT2D eigenvalue weighted by Gasteiger charge is -2.09. The number of anilines is 1. The lowest BCUT2D eigenvalue weighted by molar-refractivity contribution is 0.174. The number of hydrogen-bond acceptors (Lipinski definition) is 6. The van der Waals surface area contributed by atoms with Crippen LogP contribution in [0.25, 0.3) is 11.3 Å². The van der Waals surface area contributed by atoms with Crippen LogP contribution in [-0.2, 0) is 6.54 Å². The van der Waals surface area contributed by atoms with E-state index in [0.717, 1.165) is 5.56 Å². The van der Waals surface area contributed by atoms with Crippen LogP contribution in [-0.4, -0.2) is 22.8 Å². The fourth-order valence-corrected chi connectivity index (χ4v) is 2.45. The van der Waals surface area contributed by atoms with Gasteiger partial charge in [0.15, 0.2) is 11.5 Å². The highest BCUT2D eigenvalue weighted by Gasteiger charge is 2.14. The molecule has 4 rings (SSSR count). The van der Waals surface area contributed by atoms with Gasteiger partial charge in [-0.05, 0) is 18.2 Å². The van der Waals surface area contributed by atoms with E-state index in [0.29, 0.717) is 28.6 Å². The summed E-state index contributed by atoms with van der Waals surface area (Å²) in [6.45, 7) is 0.416. The number of nitrogens with one attached hydrogen (secondary N) is 2. The third kappa shape index (κ3) is 3.23. The van der Waals surface area contributed by atoms with Crippen molar-refractivity contribution in [1.82, 2.24) is 15.3 Å². The minimum atomic E-state index is -0.359. The summed E-state index contributed by atoms with van der Waals surface area (Å²) >= 11 is 0. The fourth-order valence-electron chi connectivity index (χ4n) is 2.45. The van der Waals surface area contributed by atoms with Crippen molar-refractivity contribution in [3.63, 3.8) is 0 Å². The van der Waals surface area contributed by atoms with Crippen molar-refractivity contribution in [2.45, 2.75) is 6.54 Å². The van der Waals surface area contributed by atoms with Crippen molar-refractivity contribution in [3.05, 3.63) is 54.9 Å². The van der Waals surface area contributed by atoms with Crippen LogP contribution < -0.4 is 20.1 Å². The maximum absolute atomic E-state index is 12.1. The molecule has 2 N–H and O–H groups in total. The van der Waals surface area contributed by atoms with Crippen molar-refractivity contribution >= 4 is 11.7 Å². The summed E-state index contributed by atoms with van der Waals surface area (Å²) < 4.78 is 15.6. The zero-order valence-corrected chi connectivity index (χ0v) is 13.1. The number of benzene rings is 1. The molecule has 25 heavy (non-hydrogen) atoms. The summed E-state index contributed by atoms with van der Waals surface area (Å²) in [4.78, 5) is 20.7. The van der Waals surface area contributed by atoms with E-state index in [2.05, 4.69) is 20.6 Å². The Morgan fingerprint density at radius 3 is 2.88 bits per heavy atom. The van der Waals surface area contributed by atoms with Gasteiger partial charge in [-0.2, -0.15) is 0 Å². The molecule has 8 heteroatoms. The molecule has 1 aliphatic heterocycles. The van der Waals surface area contributed by atoms with E-state index >= 15 is 0 Å². The minimum Gasteiger partial charge on any atom is -0.472 e. The van der Waals surface area contributed by atoms with Crippen LogP contribution in [0, 0.1) is 0 Å². The largest absolute Gasteiger partial charge is 0.472 e. The maximum Gasteiger partial charge on any atom is 0.319 e. The number of nitrogens with zero attached hydrogens (tertiary/aromatic N) is 2. The molecular weight excluding hydrogens is 324 g/mol. The van der Waals surface area contributed by atoms with E-state index in [1.807, 2.05) is 0 Å². The lowest BCUT2D eigenvalue weighted by atomic mass is 10.2. The number of hydrogen-bond donors (Lipinski definition) is 2. The van der Waals surface area contributed by atoms with Crippen molar-refractivity contribution < 1.29 is 18.7 Å². The Hall–Kier alpha value is -3.55. The maximum atomic E-state index is 12.1. The molecule has 0 unspecified atom stereocenters. The van der Waals surface area contributed by atoms with Crippen LogP contribution in [0.3, 0.4) is 0 Å². The van der Waals surface area contributed by atoms with Gasteiger partial charge in [0.1, 0.15) is 0 Å². The summed E-state index contributed by atoms with van der Waals surface area (Å²) in [6.07, 6.45) is 6.32. The summed E-state index contributed by atoms with van der Waals surface area (Å²) in [5.74, 6) is 1.27. The molecule has 126 valence electrons. The van der Waals surface area contributed by atoms with Crippen molar-refractivity contribution in [2.75, 3.05) is 12.1 Å². The summed E-state index contributed by atoms with van der Waals surface area (Å²) in [6, 6.07) is 6.63. The number of carbonyl (C=O) groups excluding carboxylic acids is 1. The Balaban J connectivity index is 1.41. The number of furan rings is 1. The Kier molecular flexibility index (Phi) is 3.91. The first-order valence-corrected chi connectivity index (χ1v) is 7.56. The molecule has 0 saturated heterocycles. The molecule has 0 aliphatic carbocycles. The zero-order chi connectivity index (χ0) is 17.1. The van der Waals surface area contributed by atoms with E-state index in [-0.39, 0.29) is 19.4 Å². The molecule has 0 bridgehead atoms. The molecule has 2 aromatic heterocycles. The molecular formula is C17H14N4O4. The quantitative estimate of drug-likeness (QED) is 0.759. The number of amides is 2. The number of ether oxygens (including phenoxy) is 2. The van der Waals surface area contributed by atoms with Crippen LogP contribution >= 0.6 is 0 Å². The Morgan fingerprint density at radius 2 is 2.00 bits per heavy atom. The molecule has 8 nitrogen and oxygen atoms in total. The van der Waals surface area contributed by atoms with E-state index in [1.165, 1.54) is 0 Å². The van der Waals surface area contributed by atoms with Crippen molar-refractivity contribution in [1.29, 1.82) is 0 Å². The van der Waals surface area contributed by atoms with Crippen LogP contribution in [0.2, 0.25) is 0 Å². The predicted molar refractivity (Wildman–Crippen MR) is 88.2 cm³/mol. The van der Waals surface area contributed by atoms with Crippen molar-refractivity contribution in [3.8, 4) is 22.8 Å². The molecule has 0 atom stereocenters. The first-order valence-electron chi connectivity index (χ1n) is 7.56. The number of aromatic nitrogens is 2. The van der Waals surface area contributed by atoms with Crippen molar-refractivity contribution in [2.24, 2.45) is 0 Å². The van der Waals surface area contributed by atoms with Gasteiger partial charge in [0.2, 0.25) is 6.79 Å². The third-order valence-electron chi connectivity index (χ3n) is 3.62. The highest BCUT2D eigenvalue weighted by molar-refractivity contribution is 5.89. The summed E-state index contributed by atoms with van der Waals surface area (Å²) in [7, 11) is 0. The van der Waals surface area contributed by atoms with Crippen LogP contribution in [0.4, 0.5) is 10.5 Å². The average molecular weight is 338 g/mol. The first kappa shape index (κ1) is 15.0. The van der Waals surface area contributed by atoms with Gasteiger partial charge < -0.3 is 24.5 Å². The van der Waals surface area contributed by atoms with Gasteiger partial charge in [-0.3, -0.25) is 9.97 Å². The number of rotatable bonds is 4. The number of fused-ring (bicyclic) bond motifs is 1. The zero-order valence-electron chi connectivity index (χ0n) is 13.1. The molecule has 3 heterocycles. The monoisotopic (exact) mass is 338 g/mol. The van der Waals surface area contributed by atoms with Crippen LogP contribution in [0.1, 0.15) is 5.69 Å². The molecule has 1 aliphatic rings. The van der Waals surface area contributed by atoms with Gasteiger partial charge in [0, 0.05) is 29.7 Å². The van der Waals surface area contributed by atoms with E-state index in [9.17, 15) is 4.79 Å². The van der Waals surface area contributed by atoms with Gasteiger partial charge in [0.05, 0.1) is 30.5 Å². The predicted octanol–water partition coefficient (Wildman–Crippen LogP) is 2.79. The minimum absolute atomic E-state index is 0.189. The SMILES string of the molecule is O=C(NCc1nccnc1-c1ccoc1)Nc1ccc2c(c1)OCO2. The van der Waals surface area contributed by atoms with Crippen LogP contribution in [0.5, 0.6) is 11.5 Å². The topological polar surface area (TPSA) is 98.5 Å². The number of urea groups is 1. The highest BCUT2D eigenvalue weighted by Crippen LogP contribution is 2.34. The molecule has 2 amide bonds. The summed E-state index contributed by atoms with van der Waals surface area (Å²) in [5.41, 5.74) is 2.72.